The fourth-order valence-electron chi connectivity index (χ4n) is 6.07. The third-order valence-electron chi connectivity index (χ3n) is 7.89. The molecule has 3 aromatic rings. The van der Waals surface area contributed by atoms with Gasteiger partial charge in [0, 0.05) is 46.2 Å². The van der Waals surface area contributed by atoms with Gasteiger partial charge in [0.2, 0.25) is 6.79 Å². The van der Waals surface area contributed by atoms with E-state index >= 15 is 0 Å². The monoisotopic (exact) mass is 475 g/mol. The quantitative estimate of drug-likeness (QED) is 0.487. The second kappa shape index (κ2) is 7.38. The molecule has 0 unspecified atom stereocenters. The molecule has 8 heteroatoms. The zero-order valence-electron chi connectivity index (χ0n) is 20.7. The average Bonchev–Trinajstić information content (AvgIpc) is 3.46. The van der Waals surface area contributed by atoms with E-state index in [1.54, 1.807) is 11.5 Å². The first-order chi connectivity index (χ1) is 16.7. The Morgan fingerprint density at radius 1 is 1.11 bits per heavy atom. The summed E-state index contributed by atoms with van der Waals surface area (Å²) >= 11 is 0. The number of ketones is 1. The van der Waals surface area contributed by atoms with Gasteiger partial charge in [-0.2, -0.15) is 0 Å². The predicted octanol–water partition coefficient (Wildman–Crippen LogP) is 2.95. The summed E-state index contributed by atoms with van der Waals surface area (Å²) in [5.41, 5.74) is 5.41. The van der Waals surface area contributed by atoms with E-state index in [2.05, 4.69) is 4.90 Å². The van der Waals surface area contributed by atoms with E-state index < -0.39 is 5.60 Å². The van der Waals surface area contributed by atoms with Crippen molar-refractivity contribution in [2.75, 3.05) is 20.9 Å². The van der Waals surface area contributed by atoms with Crippen LogP contribution in [0.1, 0.15) is 53.1 Å². The van der Waals surface area contributed by atoms with E-state index in [0.717, 1.165) is 44.6 Å². The van der Waals surface area contributed by atoms with Crippen molar-refractivity contribution in [1.29, 1.82) is 0 Å². The molecule has 0 radical (unpaired) electrons. The third-order valence-corrected chi connectivity index (χ3v) is 7.89. The molecular formula is C27H29N3O5. The summed E-state index contributed by atoms with van der Waals surface area (Å²) in [6.45, 7) is 7.06. The van der Waals surface area contributed by atoms with Crippen molar-refractivity contribution in [3.8, 4) is 22.9 Å². The first kappa shape index (κ1) is 22.2. The minimum atomic E-state index is -1.63. The number of aliphatic hydroxyl groups is 1. The Bertz CT molecular complexity index is 1520. The van der Waals surface area contributed by atoms with Crippen LogP contribution in [0.5, 0.6) is 11.5 Å². The van der Waals surface area contributed by atoms with E-state index in [1.807, 2.05) is 34.0 Å². The highest BCUT2D eigenvalue weighted by atomic mass is 16.7. The van der Waals surface area contributed by atoms with Gasteiger partial charge in [-0.3, -0.25) is 9.59 Å². The first-order valence-corrected chi connectivity index (χ1v) is 12.1. The minimum Gasteiger partial charge on any atom is -0.453 e. The molecule has 0 fully saturated rings. The number of benzene rings is 1. The number of hydrogen-bond donors (Lipinski definition) is 1. The zero-order valence-corrected chi connectivity index (χ0v) is 20.7. The normalized spacial score (nSPS) is 19.9. The van der Waals surface area contributed by atoms with E-state index in [-0.39, 0.29) is 31.0 Å². The molecule has 3 aliphatic rings. The van der Waals surface area contributed by atoms with Gasteiger partial charge in [0.1, 0.15) is 5.60 Å². The van der Waals surface area contributed by atoms with Gasteiger partial charge in [0.25, 0.3) is 5.56 Å². The van der Waals surface area contributed by atoms with Crippen LogP contribution in [0.3, 0.4) is 0 Å². The predicted molar refractivity (Wildman–Crippen MR) is 131 cm³/mol. The molecule has 1 aromatic carbocycles. The summed E-state index contributed by atoms with van der Waals surface area (Å²) in [7, 11) is 4.04. The van der Waals surface area contributed by atoms with Crippen LogP contribution in [0.25, 0.3) is 22.3 Å². The number of nitrogens with zero attached hydrogens (tertiary/aromatic N) is 3. The molecule has 0 spiro atoms. The lowest BCUT2D eigenvalue weighted by Gasteiger charge is -2.32. The Kier molecular flexibility index (Phi) is 4.69. The van der Waals surface area contributed by atoms with Crippen molar-refractivity contribution < 1.29 is 19.4 Å². The van der Waals surface area contributed by atoms with Crippen LogP contribution in [-0.2, 0) is 29.9 Å². The van der Waals surface area contributed by atoms with Crippen LogP contribution >= 0.6 is 0 Å². The number of hydrogen-bond acceptors (Lipinski definition) is 7. The van der Waals surface area contributed by atoms with Gasteiger partial charge in [-0.05, 0) is 52.4 Å². The van der Waals surface area contributed by atoms with Crippen LogP contribution in [0.15, 0.2) is 10.9 Å². The van der Waals surface area contributed by atoms with Gasteiger partial charge in [-0.1, -0.05) is 6.92 Å². The maximum Gasteiger partial charge on any atom is 0.254 e. The largest absolute Gasteiger partial charge is 0.453 e. The van der Waals surface area contributed by atoms with E-state index in [1.165, 1.54) is 0 Å². The number of aromatic nitrogens is 2. The average molecular weight is 476 g/mol. The lowest BCUT2D eigenvalue weighted by atomic mass is 9.77. The Labute approximate surface area is 203 Å². The van der Waals surface area contributed by atoms with Crippen LogP contribution in [0.4, 0.5) is 0 Å². The summed E-state index contributed by atoms with van der Waals surface area (Å²) in [6.07, 6.45) is 0.760. The van der Waals surface area contributed by atoms with Crippen molar-refractivity contribution in [2.24, 2.45) is 0 Å². The highest BCUT2D eigenvalue weighted by Gasteiger charge is 2.43. The maximum absolute atomic E-state index is 13.7. The number of carbonyl (C=O) groups is 1. The van der Waals surface area contributed by atoms with Crippen molar-refractivity contribution in [1.82, 2.24) is 14.5 Å². The molecule has 4 heterocycles. The molecule has 6 rings (SSSR count). The number of pyridine rings is 2. The van der Waals surface area contributed by atoms with Crippen molar-refractivity contribution in [3.63, 3.8) is 0 Å². The number of aryl methyl sites for hydroxylation is 2. The zero-order chi connectivity index (χ0) is 24.8. The van der Waals surface area contributed by atoms with Crippen LogP contribution in [-0.4, -0.2) is 46.2 Å². The molecule has 35 heavy (non-hydrogen) atoms. The van der Waals surface area contributed by atoms with Gasteiger partial charge in [-0.15, -0.1) is 0 Å². The third kappa shape index (κ3) is 2.84. The molecule has 1 aliphatic carbocycles. The number of rotatable bonds is 3. The van der Waals surface area contributed by atoms with Crippen molar-refractivity contribution >= 4 is 16.7 Å². The SMILES string of the molecule is CC[C@@]1(O)C(=O)CCc2c1cc1n(c2=O)Cc2c-1nc1c(C)c3c(c(C)c1c2CN(C)C)OCO3. The lowest BCUT2D eigenvalue weighted by Crippen LogP contribution is -2.43. The number of carbonyl (C=O) groups excluding carboxylic acids is 1. The fraction of sp³-hybridized carbons (Fsp3) is 0.444. The minimum absolute atomic E-state index is 0.141. The molecule has 0 saturated carbocycles. The lowest BCUT2D eigenvalue weighted by molar-refractivity contribution is -0.140. The summed E-state index contributed by atoms with van der Waals surface area (Å²) in [5, 5.41) is 12.3. The van der Waals surface area contributed by atoms with Crippen molar-refractivity contribution in [2.45, 2.75) is 58.7 Å². The van der Waals surface area contributed by atoms with Crippen molar-refractivity contribution in [3.05, 3.63) is 49.8 Å². The molecule has 1 N–H and O–H groups in total. The second-order valence-electron chi connectivity index (χ2n) is 10.1. The summed E-state index contributed by atoms with van der Waals surface area (Å²) < 4.78 is 13.3. The summed E-state index contributed by atoms with van der Waals surface area (Å²) in [6, 6.07) is 1.83. The van der Waals surface area contributed by atoms with E-state index in [4.69, 9.17) is 14.5 Å². The van der Waals surface area contributed by atoms with Gasteiger partial charge in [0.15, 0.2) is 17.3 Å². The molecule has 182 valence electrons. The highest BCUT2D eigenvalue weighted by molar-refractivity contribution is 5.96. The standard InChI is InChI=1S/C27H29N3O5/c1-6-27(33)18-9-19-23-17(11-30(19)26(32)15(18)7-8-20(27)31)16(10-29(4)5)21-13(2)24-25(35-12-34-24)14(3)22(21)28-23/h9,33H,6-8,10-12H2,1-5H3/t27-/m0/s1. The molecule has 1 atom stereocenters. The molecule has 2 aromatic heterocycles. The Morgan fingerprint density at radius 2 is 1.83 bits per heavy atom. The van der Waals surface area contributed by atoms with Gasteiger partial charge in [-0.25, -0.2) is 4.98 Å². The molecule has 8 nitrogen and oxygen atoms in total. The second-order valence-corrected chi connectivity index (χ2v) is 10.1. The molecule has 0 amide bonds. The smallest absolute Gasteiger partial charge is 0.254 e. The highest BCUT2D eigenvalue weighted by Crippen LogP contribution is 2.47. The molecular weight excluding hydrogens is 446 g/mol. The van der Waals surface area contributed by atoms with Gasteiger partial charge >= 0.3 is 0 Å². The van der Waals surface area contributed by atoms with E-state index in [0.29, 0.717) is 42.1 Å². The van der Waals surface area contributed by atoms with Crippen LogP contribution < -0.4 is 15.0 Å². The molecule has 0 bridgehead atoms. The number of ether oxygens (including phenoxy) is 2. The first-order valence-electron chi connectivity index (χ1n) is 12.1. The number of fused-ring (bicyclic) bond motifs is 6. The van der Waals surface area contributed by atoms with Gasteiger partial charge in [0.05, 0.1) is 23.4 Å². The Morgan fingerprint density at radius 3 is 2.51 bits per heavy atom. The maximum atomic E-state index is 13.7. The molecule has 0 saturated heterocycles. The summed E-state index contributed by atoms with van der Waals surface area (Å²) in [4.78, 5) is 33.6. The van der Waals surface area contributed by atoms with Crippen LogP contribution in [0, 0.1) is 13.8 Å². The molecule has 2 aliphatic heterocycles. The van der Waals surface area contributed by atoms with E-state index in [9.17, 15) is 14.7 Å². The van der Waals surface area contributed by atoms with Gasteiger partial charge < -0.3 is 24.0 Å². The van der Waals surface area contributed by atoms with Crippen LogP contribution in [0.2, 0.25) is 0 Å². The summed E-state index contributed by atoms with van der Waals surface area (Å²) in [5.74, 6) is 1.24. The Balaban J connectivity index is 1.70. The number of Topliss-reactive ketones (excluding diaryl/α,β-unsaturated/α-hetero) is 1. The topological polar surface area (TPSA) is 93.9 Å². The Hall–Kier alpha value is -3.23. The fourth-order valence-corrected chi connectivity index (χ4v) is 6.07.